The number of allylic oxidation sites excluding steroid dienone is 1. The maximum atomic E-state index is 14.7. The molecule has 11 nitrogen and oxygen atoms in total. The molecule has 2 amide bonds. The van der Waals surface area contributed by atoms with Crippen molar-refractivity contribution in [1.82, 2.24) is 30.7 Å². The number of hydrogen-bond acceptors (Lipinski definition) is 9. The Hall–Kier alpha value is -5.01. The van der Waals surface area contributed by atoms with Crippen LogP contribution in [0.4, 0.5) is 4.39 Å². The summed E-state index contributed by atoms with van der Waals surface area (Å²) in [5, 5.41) is 10.9. The minimum atomic E-state index is -0.906. The number of pyridine rings is 1. The van der Waals surface area contributed by atoms with E-state index in [1.165, 1.54) is 11.1 Å². The average Bonchev–Trinajstić information content (AvgIpc) is 3.22. The molecule has 1 aromatic heterocycles. The number of rotatable bonds is 10. The van der Waals surface area contributed by atoms with E-state index >= 15 is 0 Å². The third-order valence-corrected chi connectivity index (χ3v) is 11.7. The van der Waals surface area contributed by atoms with Gasteiger partial charge < -0.3 is 25.4 Å². The molecule has 12 heteroatoms. The first kappa shape index (κ1) is 39.8. The summed E-state index contributed by atoms with van der Waals surface area (Å²) in [5.41, 5.74) is 5.81. The Kier molecular flexibility index (Phi) is 12.5. The van der Waals surface area contributed by atoms with Gasteiger partial charge in [0.25, 0.3) is 5.91 Å². The summed E-state index contributed by atoms with van der Waals surface area (Å²) in [7, 11) is 0. The highest BCUT2D eigenvalue weighted by atomic mass is 19.1. The zero-order valence-electron chi connectivity index (χ0n) is 33.5. The lowest BCUT2D eigenvalue weighted by Crippen LogP contribution is -2.53. The summed E-state index contributed by atoms with van der Waals surface area (Å²) in [6.45, 7) is 11.4. The van der Waals surface area contributed by atoms with Gasteiger partial charge in [0.1, 0.15) is 23.2 Å². The van der Waals surface area contributed by atoms with Crippen LogP contribution in [0, 0.1) is 5.92 Å². The minimum absolute atomic E-state index is 0.0258. The molecule has 1 saturated carbocycles. The lowest BCUT2D eigenvalue weighted by atomic mass is 9.90. The molecule has 3 fully saturated rings. The molecule has 2 saturated heterocycles. The maximum absolute atomic E-state index is 14.7. The Morgan fingerprint density at radius 3 is 2.41 bits per heavy atom. The summed E-state index contributed by atoms with van der Waals surface area (Å²) < 4.78 is 26.7. The lowest BCUT2D eigenvalue weighted by Gasteiger charge is -2.36. The van der Waals surface area contributed by atoms with E-state index in [1.807, 2.05) is 48.5 Å². The van der Waals surface area contributed by atoms with Gasteiger partial charge in [0, 0.05) is 75.2 Å². The molecule has 4 aliphatic rings. The summed E-state index contributed by atoms with van der Waals surface area (Å²) >= 11 is 0. The number of nitrogens with one attached hydrogen (secondary N) is 3. The fourth-order valence-corrected chi connectivity index (χ4v) is 8.83. The van der Waals surface area contributed by atoms with E-state index in [-0.39, 0.29) is 36.2 Å². The summed E-state index contributed by atoms with van der Waals surface area (Å²) in [6.07, 6.45) is 3.79. The van der Waals surface area contributed by atoms with Gasteiger partial charge in [-0.05, 0) is 86.1 Å². The van der Waals surface area contributed by atoms with Gasteiger partial charge in [-0.25, -0.2) is 14.4 Å². The quantitative estimate of drug-likeness (QED) is 0.170. The van der Waals surface area contributed by atoms with Crippen molar-refractivity contribution in [3.8, 4) is 16.9 Å². The van der Waals surface area contributed by atoms with Gasteiger partial charge in [0.2, 0.25) is 11.8 Å². The number of morpholine rings is 1. The average molecular weight is 788 g/mol. The maximum Gasteiger partial charge on any atom is 0.270 e. The Morgan fingerprint density at radius 1 is 0.862 bits per heavy atom. The van der Waals surface area contributed by atoms with E-state index < -0.39 is 11.7 Å². The summed E-state index contributed by atoms with van der Waals surface area (Å²) in [4.78, 5) is 40.5. The Balaban J connectivity index is 0.912. The highest BCUT2D eigenvalue weighted by molar-refractivity contribution is 6.02. The second-order valence-corrected chi connectivity index (χ2v) is 16.4. The van der Waals surface area contributed by atoms with Crippen molar-refractivity contribution in [2.75, 3.05) is 39.4 Å². The molecule has 58 heavy (non-hydrogen) atoms. The van der Waals surface area contributed by atoms with Crippen LogP contribution in [-0.4, -0.2) is 96.1 Å². The van der Waals surface area contributed by atoms with Crippen LogP contribution in [-0.2, 0) is 22.6 Å². The van der Waals surface area contributed by atoms with Gasteiger partial charge in [0.15, 0.2) is 0 Å². The van der Waals surface area contributed by atoms with Crippen LogP contribution in [0.2, 0.25) is 0 Å². The van der Waals surface area contributed by atoms with Gasteiger partial charge in [-0.2, -0.15) is 0 Å². The first-order valence-electron chi connectivity index (χ1n) is 20.8. The topological polar surface area (TPSA) is 120 Å². The number of carbonyl (C=O) groups excluding carboxylic acids is 2. The Labute approximate surface area is 340 Å². The van der Waals surface area contributed by atoms with Crippen molar-refractivity contribution >= 4 is 28.6 Å². The fourth-order valence-electron chi connectivity index (χ4n) is 8.83. The zero-order chi connectivity index (χ0) is 40.0. The van der Waals surface area contributed by atoms with Crippen molar-refractivity contribution in [2.45, 2.75) is 83.2 Å². The molecule has 304 valence electrons. The van der Waals surface area contributed by atoms with Crippen LogP contribution in [0.25, 0.3) is 22.0 Å². The molecule has 4 aromatic rings. The second-order valence-electron chi connectivity index (χ2n) is 16.4. The molecule has 3 aromatic carbocycles. The van der Waals surface area contributed by atoms with E-state index in [0.717, 1.165) is 80.7 Å². The van der Waals surface area contributed by atoms with Crippen molar-refractivity contribution in [3.05, 3.63) is 108 Å². The van der Waals surface area contributed by atoms with Crippen molar-refractivity contribution in [1.29, 1.82) is 0 Å². The molecular weight excluding hydrogens is 734 g/mol. The van der Waals surface area contributed by atoms with Gasteiger partial charge >= 0.3 is 0 Å². The normalized spacial score (nSPS) is 24.4. The molecule has 3 N–H and O–H groups in total. The number of amides is 2. The number of ether oxygens (including phenoxy) is 2. The largest absolute Gasteiger partial charge is 0.442 e. The highest BCUT2D eigenvalue weighted by Crippen LogP contribution is 2.32. The van der Waals surface area contributed by atoms with Crippen molar-refractivity contribution < 1.29 is 23.5 Å². The van der Waals surface area contributed by atoms with E-state index in [0.29, 0.717) is 49.2 Å². The predicted molar refractivity (Wildman–Crippen MR) is 224 cm³/mol. The van der Waals surface area contributed by atoms with Crippen LogP contribution < -0.4 is 20.7 Å². The summed E-state index contributed by atoms with van der Waals surface area (Å²) in [5.74, 6) is -1.19. The smallest absolute Gasteiger partial charge is 0.270 e. The number of carbonyl (C=O) groups is 2. The SMILES string of the molecule is C[C@@H]1CN(Cc2ccc(-c3cccc(OC4=NC=C(F)CC4C(=O)NC4CCC(NC(=O)c5ccc6ccccc6n5)CC4)c3)c(CN3CCOCC3)c2)C[C@H](C)N1. The third-order valence-electron chi connectivity index (χ3n) is 11.7. The fraction of sp³-hybridized carbons (Fsp3) is 0.435. The number of fused-ring (bicyclic) bond motifs is 1. The van der Waals surface area contributed by atoms with Crippen LogP contribution in [0.15, 0.2) is 95.9 Å². The monoisotopic (exact) mass is 787 g/mol. The standard InChI is InChI=1S/C46H54FN7O4/c1-30-26-54(27-31(2)49-30)28-32-10-16-40(35(22-32)29-53-18-20-57-21-19-53)34-7-5-8-39(23-34)58-46-41(24-36(47)25-48-46)44(55)50-37-12-14-38(15-13-37)51-45(56)43-17-11-33-6-3-4-9-42(33)52-43/h3-11,16-17,22-23,25,30-31,37-38,41,49H,12-15,18-21,24,26-29H2,1-2H3,(H,50,55)(H,51,56)/t30-,31+,37?,38?,41?. The lowest BCUT2D eigenvalue weighted by molar-refractivity contribution is -0.124. The third kappa shape index (κ3) is 9.98. The number of piperazine rings is 1. The van der Waals surface area contributed by atoms with E-state index in [4.69, 9.17) is 9.47 Å². The number of benzene rings is 3. The summed E-state index contributed by atoms with van der Waals surface area (Å²) in [6, 6.07) is 26.8. The second kappa shape index (κ2) is 18.3. The molecule has 1 aliphatic carbocycles. The number of nitrogens with zero attached hydrogens (tertiary/aromatic N) is 4. The van der Waals surface area contributed by atoms with Gasteiger partial charge in [0.05, 0.1) is 24.9 Å². The van der Waals surface area contributed by atoms with Gasteiger partial charge in [-0.15, -0.1) is 0 Å². The molecule has 4 heterocycles. The van der Waals surface area contributed by atoms with Gasteiger partial charge in [-0.3, -0.25) is 19.4 Å². The van der Waals surface area contributed by atoms with Crippen LogP contribution >= 0.6 is 0 Å². The molecule has 1 unspecified atom stereocenters. The molecule has 3 atom stereocenters. The predicted octanol–water partition coefficient (Wildman–Crippen LogP) is 6.38. The van der Waals surface area contributed by atoms with Crippen LogP contribution in [0.5, 0.6) is 5.75 Å². The molecule has 0 spiro atoms. The van der Waals surface area contributed by atoms with E-state index in [2.05, 4.69) is 73.8 Å². The van der Waals surface area contributed by atoms with Crippen molar-refractivity contribution in [3.63, 3.8) is 0 Å². The molecule has 3 aliphatic heterocycles. The Morgan fingerprint density at radius 2 is 1.62 bits per heavy atom. The molecule has 0 bridgehead atoms. The molecule has 0 radical (unpaired) electrons. The van der Waals surface area contributed by atoms with Crippen LogP contribution in [0.3, 0.4) is 0 Å². The number of para-hydroxylation sites is 1. The van der Waals surface area contributed by atoms with Crippen molar-refractivity contribution in [2.24, 2.45) is 10.9 Å². The number of hydrogen-bond donors (Lipinski definition) is 3. The number of halogens is 1. The zero-order valence-corrected chi connectivity index (χ0v) is 33.5. The van der Waals surface area contributed by atoms with E-state index in [1.54, 1.807) is 6.07 Å². The Bertz CT molecular complexity index is 2150. The number of aliphatic imine (C=N–C) groups is 1. The first-order valence-corrected chi connectivity index (χ1v) is 20.8. The number of aromatic nitrogens is 1. The van der Waals surface area contributed by atoms with E-state index in [9.17, 15) is 14.0 Å². The van der Waals surface area contributed by atoms with Gasteiger partial charge in [-0.1, -0.05) is 54.6 Å². The minimum Gasteiger partial charge on any atom is -0.442 e. The first-order chi connectivity index (χ1) is 28.2. The molecular formula is C46H54FN7O4. The molecule has 8 rings (SSSR count). The van der Waals surface area contributed by atoms with Crippen LogP contribution in [0.1, 0.15) is 67.6 Å². The highest BCUT2D eigenvalue weighted by Gasteiger charge is 2.33.